The number of nitrogens with one attached hydrogen (secondary N) is 1. The number of carbonyl (C=O) groups excluding carboxylic acids is 1. The van der Waals surface area contributed by atoms with Crippen LogP contribution in [0.2, 0.25) is 0 Å². The molecule has 1 saturated heterocycles. The molecule has 1 aromatic heterocycles. The van der Waals surface area contributed by atoms with Gasteiger partial charge in [-0.2, -0.15) is 4.98 Å². The fraction of sp³-hybridized carbons (Fsp3) is 0.435. The fourth-order valence-corrected chi connectivity index (χ4v) is 3.48. The molecule has 8 nitrogen and oxygen atoms in total. The highest BCUT2D eigenvalue weighted by atomic mass is 16.5. The second kappa shape index (κ2) is 10.8. The predicted molar refractivity (Wildman–Crippen MR) is 125 cm³/mol. The predicted octanol–water partition coefficient (Wildman–Crippen LogP) is 3.12. The van der Waals surface area contributed by atoms with Crippen LogP contribution < -0.4 is 20.9 Å². The lowest BCUT2D eigenvalue weighted by Gasteiger charge is -2.29. The van der Waals surface area contributed by atoms with E-state index < -0.39 is 0 Å². The number of ether oxygens (including phenoxy) is 1. The standard InChI is InChI=1S/C23H32N6O2/c1-4-9-29(10-5-2)23-26-20(16-21(27-23)28-11-13-31-14-12-28)22(30)25-19-8-6-7-18(15-19)17(3)24/h6-8,15-16H,3-5,9-14,24H2,1-2H3,(H,25,30). The van der Waals surface area contributed by atoms with Crippen LogP contribution in [0, 0.1) is 0 Å². The van der Waals surface area contributed by atoms with E-state index in [2.05, 4.69) is 40.5 Å². The third-order valence-corrected chi connectivity index (χ3v) is 5.03. The minimum atomic E-state index is -0.286. The molecule has 1 aromatic carbocycles. The van der Waals surface area contributed by atoms with E-state index in [4.69, 9.17) is 15.5 Å². The van der Waals surface area contributed by atoms with E-state index in [-0.39, 0.29) is 5.91 Å². The van der Waals surface area contributed by atoms with Gasteiger partial charge in [-0.25, -0.2) is 4.98 Å². The van der Waals surface area contributed by atoms with Crippen LogP contribution in [0.5, 0.6) is 0 Å². The lowest BCUT2D eigenvalue weighted by atomic mass is 10.1. The molecule has 0 saturated carbocycles. The molecule has 1 aliphatic rings. The quantitative estimate of drug-likeness (QED) is 0.638. The Bertz CT molecular complexity index is 905. The normalized spacial score (nSPS) is 13.7. The maximum Gasteiger partial charge on any atom is 0.274 e. The molecule has 1 fully saturated rings. The van der Waals surface area contributed by atoms with Crippen LogP contribution in [-0.2, 0) is 4.74 Å². The van der Waals surface area contributed by atoms with Gasteiger partial charge < -0.3 is 25.6 Å². The molecule has 0 spiro atoms. The Balaban J connectivity index is 1.93. The first-order valence-electron chi connectivity index (χ1n) is 10.8. The Morgan fingerprint density at radius 2 is 1.90 bits per heavy atom. The van der Waals surface area contributed by atoms with Crippen molar-refractivity contribution >= 4 is 29.1 Å². The molecule has 3 N–H and O–H groups in total. The number of anilines is 3. The Kier molecular flexibility index (Phi) is 7.83. The fourth-order valence-electron chi connectivity index (χ4n) is 3.48. The van der Waals surface area contributed by atoms with Gasteiger partial charge in [0, 0.05) is 43.6 Å². The van der Waals surface area contributed by atoms with Crippen molar-refractivity contribution in [2.24, 2.45) is 5.73 Å². The Morgan fingerprint density at radius 3 is 2.55 bits per heavy atom. The number of benzene rings is 1. The van der Waals surface area contributed by atoms with E-state index >= 15 is 0 Å². The number of nitrogens with zero attached hydrogens (tertiary/aromatic N) is 4. The summed E-state index contributed by atoms with van der Waals surface area (Å²) < 4.78 is 5.47. The minimum Gasteiger partial charge on any atom is -0.399 e. The molecule has 1 amide bonds. The van der Waals surface area contributed by atoms with Crippen LogP contribution in [0.4, 0.5) is 17.5 Å². The van der Waals surface area contributed by atoms with Crippen LogP contribution in [0.3, 0.4) is 0 Å². The van der Waals surface area contributed by atoms with E-state index in [0.29, 0.717) is 36.2 Å². The summed E-state index contributed by atoms with van der Waals surface area (Å²) in [5.74, 6) is 1.05. The summed E-state index contributed by atoms with van der Waals surface area (Å²) in [5, 5.41) is 2.93. The van der Waals surface area contributed by atoms with Crippen LogP contribution in [0.25, 0.3) is 5.70 Å². The van der Waals surface area contributed by atoms with Crippen molar-refractivity contribution in [1.82, 2.24) is 9.97 Å². The molecule has 0 radical (unpaired) electrons. The van der Waals surface area contributed by atoms with Gasteiger partial charge >= 0.3 is 0 Å². The number of hydrogen-bond donors (Lipinski definition) is 2. The second-order valence-corrected chi connectivity index (χ2v) is 7.56. The first kappa shape index (κ1) is 22.6. The summed E-state index contributed by atoms with van der Waals surface area (Å²) in [6.07, 6.45) is 1.95. The number of hydrogen-bond acceptors (Lipinski definition) is 7. The molecule has 0 aliphatic carbocycles. The van der Waals surface area contributed by atoms with Crippen molar-refractivity contribution in [2.45, 2.75) is 26.7 Å². The Labute approximate surface area is 184 Å². The molecule has 0 bridgehead atoms. The lowest BCUT2D eigenvalue weighted by Crippen LogP contribution is -2.37. The number of rotatable bonds is 9. The van der Waals surface area contributed by atoms with Crippen LogP contribution in [-0.4, -0.2) is 55.3 Å². The van der Waals surface area contributed by atoms with Gasteiger partial charge in [-0.15, -0.1) is 0 Å². The van der Waals surface area contributed by atoms with Gasteiger partial charge in [0.1, 0.15) is 11.5 Å². The zero-order valence-corrected chi connectivity index (χ0v) is 18.4. The van der Waals surface area contributed by atoms with Gasteiger partial charge in [-0.1, -0.05) is 32.6 Å². The molecule has 166 valence electrons. The third kappa shape index (κ3) is 5.95. The average Bonchev–Trinajstić information content (AvgIpc) is 2.79. The van der Waals surface area contributed by atoms with E-state index in [1.807, 2.05) is 18.2 Å². The lowest BCUT2D eigenvalue weighted by molar-refractivity contribution is 0.102. The zero-order chi connectivity index (χ0) is 22.2. The third-order valence-electron chi connectivity index (χ3n) is 5.03. The van der Waals surface area contributed by atoms with Crippen molar-refractivity contribution < 1.29 is 9.53 Å². The first-order valence-corrected chi connectivity index (χ1v) is 10.8. The highest BCUT2D eigenvalue weighted by molar-refractivity contribution is 6.03. The van der Waals surface area contributed by atoms with Gasteiger partial charge in [0.2, 0.25) is 5.95 Å². The van der Waals surface area contributed by atoms with E-state index in [0.717, 1.165) is 50.4 Å². The number of carbonyl (C=O) groups is 1. The summed E-state index contributed by atoms with van der Waals surface area (Å²) in [6, 6.07) is 9.05. The molecule has 2 aromatic rings. The van der Waals surface area contributed by atoms with Gasteiger partial charge in [0.25, 0.3) is 5.91 Å². The van der Waals surface area contributed by atoms with Crippen LogP contribution >= 0.6 is 0 Å². The largest absolute Gasteiger partial charge is 0.399 e. The number of nitrogens with two attached hydrogens (primary N) is 1. The smallest absolute Gasteiger partial charge is 0.274 e. The molecule has 0 atom stereocenters. The van der Waals surface area contributed by atoms with Gasteiger partial charge in [0.05, 0.1) is 13.2 Å². The first-order chi connectivity index (χ1) is 15.0. The highest BCUT2D eigenvalue weighted by Crippen LogP contribution is 2.21. The van der Waals surface area contributed by atoms with E-state index in [1.165, 1.54) is 0 Å². The average molecular weight is 425 g/mol. The maximum atomic E-state index is 13.1. The summed E-state index contributed by atoms with van der Waals surface area (Å²) in [5.41, 5.74) is 7.98. The highest BCUT2D eigenvalue weighted by Gasteiger charge is 2.20. The maximum absolute atomic E-state index is 13.1. The van der Waals surface area contributed by atoms with Crippen LogP contribution in [0.1, 0.15) is 42.7 Å². The molecular weight excluding hydrogens is 392 g/mol. The topological polar surface area (TPSA) is 96.6 Å². The minimum absolute atomic E-state index is 0.286. The number of aromatic nitrogens is 2. The number of morpholine rings is 1. The second-order valence-electron chi connectivity index (χ2n) is 7.56. The molecule has 2 heterocycles. The van der Waals surface area contributed by atoms with Gasteiger partial charge in [-0.3, -0.25) is 4.79 Å². The molecule has 31 heavy (non-hydrogen) atoms. The van der Waals surface area contributed by atoms with Gasteiger partial charge in [-0.05, 0) is 30.5 Å². The number of amides is 1. The summed E-state index contributed by atoms with van der Waals surface area (Å²) in [6.45, 7) is 12.4. The zero-order valence-electron chi connectivity index (χ0n) is 18.4. The summed E-state index contributed by atoms with van der Waals surface area (Å²) in [4.78, 5) is 26.8. The van der Waals surface area contributed by atoms with Crippen molar-refractivity contribution in [3.8, 4) is 0 Å². The van der Waals surface area contributed by atoms with Crippen molar-refractivity contribution in [3.63, 3.8) is 0 Å². The van der Waals surface area contributed by atoms with E-state index in [9.17, 15) is 4.79 Å². The summed E-state index contributed by atoms with van der Waals surface area (Å²) >= 11 is 0. The van der Waals surface area contributed by atoms with Crippen molar-refractivity contribution in [2.75, 3.05) is 54.5 Å². The Morgan fingerprint density at radius 1 is 1.19 bits per heavy atom. The molecule has 1 aliphatic heterocycles. The molecule has 3 rings (SSSR count). The molecule has 0 unspecified atom stereocenters. The monoisotopic (exact) mass is 424 g/mol. The van der Waals surface area contributed by atoms with Crippen molar-refractivity contribution in [3.05, 3.63) is 48.2 Å². The molecule has 8 heteroatoms. The van der Waals surface area contributed by atoms with Crippen molar-refractivity contribution in [1.29, 1.82) is 0 Å². The Hall–Kier alpha value is -3.13. The van der Waals surface area contributed by atoms with Crippen LogP contribution in [0.15, 0.2) is 36.9 Å². The summed E-state index contributed by atoms with van der Waals surface area (Å²) in [7, 11) is 0. The molecular formula is C23H32N6O2. The van der Waals surface area contributed by atoms with E-state index in [1.54, 1.807) is 12.1 Å². The van der Waals surface area contributed by atoms with Gasteiger partial charge in [0.15, 0.2) is 0 Å². The SMILES string of the molecule is C=C(N)c1cccc(NC(=O)c2cc(N3CCOCC3)nc(N(CCC)CCC)n2)c1.